The van der Waals surface area contributed by atoms with E-state index in [0.717, 1.165) is 27.4 Å². The molecule has 4 aromatic carbocycles. The molecule has 0 heterocycles. The number of anilines is 2. The molecule has 8 heteroatoms. The minimum atomic E-state index is -0.117. The van der Waals surface area contributed by atoms with Crippen LogP contribution in [0.15, 0.2) is 101 Å². The van der Waals surface area contributed by atoms with Gasteiger partial charge in [-0.25, -0.2) is 4.79 Å². The van der Waals surface area contributed by atoms with Crippen molar-refractivity contribution >= 4 is 40.8 Å². The average molecular weight is 542 g/mol. The highest BCUT2D eigenvalue weighted by Gasteiger charge is 2.08. The number of benzene rings is 4. The van der Waals surface area contributed by atoms with Crippen LogP contribution in [0.1, 0.15) is 21.5 Å². The maximum absolute atomic E-state index is 12.4. The highest BCUT2D eigenvalue weighted by molar-refractivity contribution is 7.98. The SMILES string of the molecule is COc1ccc(NCc2ccc(C(=O)Nc3ccccc3C)cc2)cc1OC.CSc1ccc(N=C=O)cc1. The smallest absolute Gasteiger partial charge is 0.255 e. The lowest BCUT2D eigenvalue weighted by atomic mass is 10.1. The Morgan fingerprint density at radius 3 is 2.21 bits per heavy atom. The molecule has 0 saturated carbocycles. The number of carbonyl (C=O) groups excluding carboxylic acids is 2. The monoisotopic (exact) mass is 541 g/mol. The summed E-state index contributed by atoms with van der Waals surface area (Å²) in [5, 5.41) is 6.29. The summed E-state index contributed by atoms with van der Waals surface area (Å²) in [5.41, 5.74) is 5.13. The minimum Gasteiger partial charge on any atom is -0.493 e. The van der Waals surface area contributed by atoms with Gasteiger partial charge in [-0.05, 0) is 78.9 Å². The van der Waals surface area contributed by atoms with Crippen molar-refractivity contribution in [3.63, 3.8) is 0 Å². The molecule has 4 aromatic rings. The van der Waals surface area contributed by atoms with E-state index in [0.29, 0.717) is 29.3 Å². The van der Waals surface area contributed by atoms with Gasteiger partial charge in [0, 0.05) is 34.4 Å². The number of aryl methyl sites for hydroxylation is 1. The molecule has 0 spiro atoms. The van der Waals surface area contributed by atoms with Crippen molar-refractivity contribution in [2.75, 3.05) is 31.1 Å². The normalized spacial score (nSPS) is 9.85. The Morgan fingerprint density at radius 1 is 0.897 bits per heavy atom. The zero-order valence-corrected chi connectivity index (χ0v) is 23.2. The van der Waals surface area contributed by atoms with E-state index in [1.165, 1.54) is 6.08 Å². The molecular formula is C31H31N3O4S. The highest BCUT2D eigenvalue weighted by Crippen LogP contribution is 2.30. The zero-order valence-electron chi connectivity index (χ0n) is 22.4. The molecule has 4 rings (SSSR count). The molecule has 2 N–H and O–H groups in total. The van der Waals surface area contributed by atoms with E-state index in [9.17, 15) is 9.59 Å². The number of para-hydroxylation sites is 1. The molecule has 0 saturated heterocycles. The summed E-state index contributed by atoms with van der Waals surface area (Å²) in [4.78, 5) is 26.9. The topological polar surface area (TPSA) is 89.0 Å². The van der Waals surface area contributed by atoms with Crippen LogP contribution in [-0.4, -0.2) is 32.5 Å². The molecule has 0 aliphatic rings. The Hall–Kier alpha value is -4.52. The van der Waals surface area contributed by atoms with Crippen LogP contribution in [0.25, 0.3) is 0 Å². The van der Waals surface area contributed by atoms with Crippen LogP contribution in [0.3, 0.4) is 0 Å². The van der Waals surface area contributed by atoms with Crippen LogP contribution in [0.5, 0.6) is 11.5 Å². The van der Waals surface area contributed by atoms with E-state index in [1.54, 1.807) is 38.1 Å². The average Bonchev–Trinajstić information content (AvgIpc) is 2.98. The van der Waals surface area contributed by atoms with Gasteiger partial charge in [0.1, 0.15) is 0 Å². The molecule has 200 valence electrons. The number of nitrogens with zero attached hydrogens (tertiary/aromatic N) is 1. The lowest BCUT2D eigenvalue weighted by molar-refractivity contribution is 0.102. The van der Waals surface area contributed by atoms with Crippen molar-refractivity contribution in [1.82, 2.24) is 0 Å². The summed E-state index contributed by atoms with van der Waals surface area (Å²) in [7, 11) is 3.23. The number of rotatable bonds is 9. The number of carbonyl (C=O) groups is 1. The second kappa shape index (κ2) is 15.0. The number of hydrogen-bond acceptors (Lipinski definition) is 7. The van der Waals surface area contributed by atoms with E-state index >= 15 is 0 Å². The Labute approximate surface area is 233 Å². The quantitative estimate of drug-likeness (QED) is 0.132. The molecular weight excluding hydrogens is 510 g/mol. The number of amides is 1. The number of hydrogen-bond donors (Lipinski definition) is 2. The summed E-state index contributed by atoms with van der Waals surface area (Å²) in [6.45, 7) is 2.60. The van der Waals surface area contributed by atoms with E-state index in [4.69, 9.17) is 9.47 Å². The Balaban J connectivity index is 0.000000320. The molecule has 0 aliphatic heterocycles. The van der Waals surface area contributed by atoms with Crippen LogP contribution in [0.4, 0.5) is 17.1 Å². The molecule has 0 fully saturated rings. The second-order valence-corrected chi connectivity index (χ2v) is 9.17. The Morgan fingerprint density at radius 2 is 1.59 bits per heavy atom. The number of thioether (sulfide) groups is 1. The van der Waals surface area contributed by atoms with Crippen LogP contribution in [0.2, 0.25) is 0 Å². The molecule has 0 radical (unpaired) electrons. The van der Waals surface area contributed by atoms with Gasteiger partial charge in [0.2, 0.25) is 6.08 Å². The Kier molecular flexibility index (Phi) is 11.2. The zero-order chi connectivity index (χ0) is 28.0. The van der Waals surface area contributed by atoms with E-state index < -0.39 is 0 Å². The van der Waals surface area contributed by atoms with Gasteiger partial charge >= 0.3 is 0 Å². The van der Waals surface area contributed by atoms with Crippen molar-refractivity contribution in [3.05, 3.63) is 108 Å². The fourth-order valence-electron chi connectivity index (χ4n) is 3.54. The summed E-state index contributed by atoms with van der Waals surface area (Å²) < 4.78 is 10.6. The second-order valence-electron chi connectivity index (χ2n) is 8.29. The predicted octanol–water partition coefficient (Wildman–Crippen LogP) is 7.25. The number of isocyanates is 1. The predicted molar refractivity (Wildman–Crippen MR) is 158 cm³/mol. The number of nitrogens with one attached hydrogen (secondary N) is 2. The van der Waals surface area contributed by atoms with Crippen molar-refractivity contribution in [2.45, 2.75) is 18.4 Å². The first-order chi connectivity index (χ1) is 19.0. The maximum Gasteiger partial charge on any atom is 0.255 e. The standard InChI is InChI=1S/C23H24N2O3.C8H7NOS/c1-16-6-4-5-7-20(16)25-23(26)18-10-8-17(9-11-18)15-24-19-12-13-21(27-2)22(14-19)28-3;1-11-8-4-2-7(3-5-8)9-6-10/h4-14,24H,15H2,1-3H3,(H,25,26);2-5H,1H3. The first kappa shape index (κ1) is 29.0. The van der Waals surface area contributed by atoms with Crippen molar-refractivity contribution in [3.8, 4) is 11.5 Å². The summed E-state index contributed by atoms with van der Waals surface area (Å²) in [6.07, 6.45) is 3.49. The molecule has 0 aromatic heterocycles. The van der Waals surface area contributed by atoms with Gasteiger partial charge in [-0.2, -0.15) is 4.99 Å². The minimum absolute atomic E-state index is 0.117. The third-order valence-corrected chi connectivity index (χ3v) is 6.48. The molecule has 0 aliphatic carbocycles. The van der Waals surface area contributed by atoms with E-state index in [-0.39, 0.29) is 5.91 Å². The molecule has 1 amide bonds. The van der Waals surface area contributed by atoms with Gasteiger partial charge in [-0.1, -0.05) is 30.3 Å². The van der Waals surface area contributed by atoms with Gasteiger partial charge in [0.05, 0.1) is 19.9 Å². The fourth-order valence-corrected chi connectivity index (χ4v) is 3.95. The molecule has 7 nitrogen and oxygen atoms in total. The van der Waals surface area contributed by atoms with Gasteiger partial charge in [0.15, 0.2) is 11.5 Å². The maximum atomic E-state index is 12.4. The van der Waals surface area contributed by atoms with Crippen molar-refractivity contribution in [2.24, 2.45) is 4.99 Å². The number of aliphatic imine (C=N–C) groups is 1. The third-order valence-electron chi connectivity index (χ3n) is 5.74. The molecule has 0 unspecified atom stereocenters. The molecule has 0 atom stereocenters. The molecule has 0 bridgehead atoms. The van der Waals surface area contributed by atoms with Gasteiger partial charge in [-0.15, -0.1) is 11.8 Å². The van der Waals surface area contributed by atoms with Crippen molar-refractivity contribution < 1.29 is 19.1 Å². The van der Waals surface area contributed by atoms with Crippen molar-refractivity contribution in [1.29, 1.82) is 0 Å². The number of ether oxygens (including phenoxy) is 2. The highest BCUT2D eigenvalue weighted by atomic mass is 32.2. The van der Waals surface area contributed by atoms with Gasteiger partial charge in [0.25, 0.3) is 5.91 Å². The summed E-state index contributed by atoms with van der Waals surface area (Å²) in [6, 6.07) is 28.4. The van der Waals surface area contributed by atoms with E-state index in [1.807, 2.05) is 92.0 Å². The van der Waals surface area contributed by atoms with Crippen LogP contribution in [0, 0.1) is 6.92 Å². The van der Waals surface area contributed by atoms with Crippen LogP contribution >= 0.6 is 11.8 Å². The molecule has 39 heavy (non-hydrogen) atoms. The van der Waals surface area contributed by atoms with E-state index in [2.05, 4.69) is 15.6 Å². The van der Waals surface area contributed by atoms with Gasteiger partial charge < -0.3 is 20.1 Å². The fraction of sp³-hybridized carbons (Fsp3) is 0.161. The largest absolute Gasteiger partial charge is 0.493 e. The van der Waals surface area contributed by atoms with Crippen LogP contribution in [-0.2, 0) is 11.3 Å². The first-order valence-corrected chi connectivity index (χ1v) is 13.3. The summed E-state index contributed by atoms with van der Waals surface area (Å²) >= 11 is 1.66. The van der Waals surface area contributed by atoms with Crippen LogP contribution < -0.4 is 20.1 Å². The lowest BCUT2D eigenvalue weighted by Crippen LogP contribution is -2.12. The van der Waals surface area contributed by atoms with Gasteiger partial charge in [-0.3, -0.25) is 4.79 Å². The third kappa shape index (κ3) is 8.78. The number of methoxy groups -OCH3 is 2. The Bertz CT molecular complexity index is 1420. The lowest BCUT2D eigenvalue weighted by Gasteiger charge is -2.12. The summed E-state index contributed by atoms with van der Waals surface area (Å²) in [5.74, 6) is 1.25. The first-order valence-electron chi connectivity index (χ1n) is 12.1.